The Morgan fingerprint density at radius 3 is 2.44 bits per heavy atom. The molecule has 1 aliphatic heterocycles. The molecule has 1 atom stereocenters. The van der Waals surface area contributed by atoms with Crippen LogP contribution in [0.5, 0.6) is 0 Å². The highest BCUT2D eigenvalue weighted by Gasteiger charge is 2.16. The minimum atomic E-state index is 0.332. The minimum Gasteiger partial charge on any atom is -0.376 e. The Bertz CT molecular complexity index is 75.0. The lowest BCUT2D eigenvalue weighted by Gasteiger charge is -2.25. The van der Waals surface area contributed by atoms with Crippen LogP contribution in [-0.4, -0.2) is 25.9 Å². The second-order valence-electron chi connectivity index (χ2n) is 2.73. The summed E-state index contributed by atoms with van der Waals surface area (Å²) in [5.41, 5.74) is 0. The highest BCUT2D eigenvalue weighted by molar-refractivity contribution is 4.63. The van der Waals surface area contributed by atoms with Gasteiger partial charge in [-0.2, -0.15) is 0 Å². The van der Waals surface area contributed by atoms with Gasteiger partial charge in [-0.3, -0.25) is 0 Å². The predicted molar refractivity (Wildman–Crippen MR) is 35.4 cm³/mol. The lowest BCUT2D eigenvalue weighted by Crippen LogP contribution is -2.32. The zero-order valence-electron chi connectivity index (χ0n) is 6.09. The zero-order valence-corrected chi connectivity index (χ0v) is 6.09. The van der Waals surface area contributed by atoms with Crippen LogP contribution in [0.15, 0.2) is 0 Å². The molecule has 0 aromatic carbocycles. The van der Waals surface area contributed by atoms with Crippen molar-refractivity contribution >= 4 is 0 Å². The molecule has 0 bridgehead atoms. The summed E-state index contributed by atoms with van der Waals surface area (Å²) in [5, 5.41) is 0. The molecule has 2 heteroatoms. The third-order valence-corrected chi connectivity index (χ3v) is 1.59. The Labute approximate surface area is 56.2 Å². The molecule has 0 spiro atoms. The lowest BCUT2D eigenvalue weighted by atomic mass is 10.1. The Hall–Kier alpha value is -0.0800. The molecule has 1 aliphatic rings. The van der Waals surface area contributed by atoms with Gasteiger partial charge in [-0.1, -0.05) is 13.8 Å². The quantitative estimate of drug-likeness (QED) is 0.528. The van der Waals surface area contributed by atoms with Gasteiger partial charge in [0.1, 0.15) is 0 Å². The van der Waals surface area contributed by atoms with Crippen LogP contribution in [-0.2, 0) is 9.47 Å². The van der Waals surface area contributed by atoms with E-state index in [0.29, 0.717) is 12.0 Å². The third-order valence-electron chi connectivity index (χ3n) is 1.59. The van der Waals surface area contributed by atoms with Crippen molar-refractivity contribution in [3.63, 3.8) is 0 Å². The van der Waals surface area contributed by atoms with E-state index in [0.717, 1.165) is 19.8 Å². The standard InChI is InChI=1S/C7H14O2/c1-6(2)7-5-8-3-4-9-7/h6-7H,3-5H2,1-2H3/t7-/m1/s1. The Kier molecular flexibility index (Phi) is 2.49. The van der Waals surface area contributed by atoms with Crippen molar-refractivity contribution in [3.8, 4) is 0 Å². The van der Waals surface area contributed by atoms with E-state index in [1.165, 1.54) is 0 Å². The van der Waals surface area contributed by atoms with Gasteiger partial charge in [-0.15, -0.1) is 0 Å². The number of hydrogen-bond donors (Lipinski definition) is 0. The molecule has 0 amide bonds. The highest BCUT2D eigenvalue weighted by atomic mass is 16.6. The van der Waals surface area contributed by atoms with E-state index in [1.54, 1.807) is 0 Å². The van der Waals surface area contributed by atoms with Crippen molar-refractivity contribution in [2.24, 2.45) is 5.92 Å². The molecule has 0 aliphatic carbocycles. The van der Waals surface area contributed by atoms with Crippen molar-refractivity contribution in [3.05, 3.63) is 0 Å². The fourth-order valence-electron chi connectivity index (χ4n) is 0.891. The molecule has 1 heterocycles. The van der Waals surface area contributed by atoms with Gasteiger partial charge in [0.25, 0.3) is 0 Å². The average molecular weight is 130 g/mol. The molecule has 0 aromatic rings. The maximum absolute atomic E-state index is 5.41. The van der Waals surface area contributed by atoms with Crippen molar-refractivity contribution < 1.29 is 9.47 Å². The number of hydrogen-bond acceptors (Lipinski definition) is 2. The first-order chi connectivity index (χ1) is 4.30. The van der Waals surface area contributed by atoms with E-state index >= 15 is 0 Å². The van der Waals surface area contributed by atoms with E-state index in [1.807, 2.05) is 0 Å². The van der Waals surface area contributed by atoms with Gasteiger partial charge in [-0.05, 0) is 5.92 Å². The van der Waals surface area contributed by atoms with Gasteiger partial charge >= 0.3 is 0 Å². The lowest BCUT2D eigenvalue weighted by molar-refractivity contribution is -0.105. The van der Waals surface area contributed by atoms with E-state index in [-0.39, 0.29) is 0 Å². The summed E-state index contributed by atoms with van der Waals surface area (Å²) in [6.07, 6.45) is 0.332. The van der Waals surface area contributed by atoms with E-state index in [2.05, 4.69) is 13.8 Å². The number of rotatable bonds is 1. The molecule has 1 fully saturated rings. The van der Waals surface area contributed by atoms with Crippen LogP contribution in [0.4, 0.5) is 0 Å². The van der Waals surface area contributed by atoms with Crippen molar-refractivity contribution in [2.45, 2.75) is 20.0 Å². The van der Waals surface area contributed by atoms with E-state index in [9.17, 15) is 0 Å². The summed E-state index contributed by atoms with van der Waals surface area (Å²) in [6.45, 7) is 6.61. The van der Waals surface area contributed by atoms with Gasteiger partial charge in [0.2, 0.25) is 0 Å². The SMILES string of the molecule is CC(C)[C@H]1COCCO1. The first kappa shape index (κ1) is 7.03. The predicted octanol–water partition coefficient (Wildman–Crippen LogP) is 1.06. The Balaban J connectivity index is 2.23. The fraction of sp³-hybridized carbons (Fsp3) is 1.00. The summed E-state index contributed by atoms with van der Waals surface area (Å²) in [5.74, 6) is 0.588. The molecule has 0 aromatic heterocycles. The smallest absolute Gasteiger partial charge is 0.0832 e. The van der Waals surface area contributed by atoms with Crippen LogP contribution in [0, 0.1) is 5.92 Å². The van der Waals surface area contributed by atoms with Gasteiger partial charge in [0, 0.05) is 0 Å². The Morgan fingerprint density at radius 1 is 1.33 bits per heavy atom. The average Bonchev–Trinajstić information content (AvgIpc) is 1.90. The van der Waals surface area contributed by atoms with Crippen LogP contribution in [0.1, 0.15) is 13.8 Å². The summed E-state index contributed by atoms with van der Waals surface area (Å²) in [7, 11) is 0. The maximum Gasteiger partial charge on any atom is 0.0832 e. The molecule has 2 nitrogen and oxygen atoms in total. The van der Waals surface area contributed by atoms with Crippen LogP contribution in [0.2, 0.25) is 0 Å². The first-order valence-corrected chi connectivity index (χ1v) is 3.50. The molecule has 0 saturated carbocycles. The fourth-order valence-corrected chi connectivity index (χ4v) is 0.891. The molecule has 0 N–H and O–H groups in total. The normalized spacial score (nSPS) is 29.0. The van der Waals surface area contributed by atoms with Crippen molar-refractivity contribution in [1.82, 2.24) is 0 Å². The van der Waals surface area contributed by atoms with Gasteiger partial charge in [0.05, 0.1) is 25.9 Å². The van der Waals surface area contributed by atoms with E-state index in [4.69, 9.17) is 9.47 Å². The van der Waals surface area contributed by atoms with Gasteiger partial charge in [-0.25, -0.2) is 0 Å². The summed E-state index contributed by atoms with van der Waals surface area (Å²) < 4.78 is 10.6. The number of ether oxygens (including phenoxy) is 2. The summed E-state index contributed by atoms with van der Waals surface area (Å²) in [4.78, 5) is 0. The van der Waals surface area contributed by atoms with Crippen LogP contribution >= 0.6 is 0 Å². The zero-order chi connectivity index (χ0) is 6.69. The highest BCUT2D eigenvalue weighted by Crippen LogP contribution is 2.09. The van der Waals surface area contributed by atoms with Crippen LogP contribution in [0.25, 0.3) is 0 Å². The van der Waals surface area contributed by atoms with Crippen LogP contribution in [0.3, 0.4) is 0 Å². The summed E-state index contributed by atoms with van der Waals surface area (Å²) >= 11 is 0. The first-order valence-electron chi connectivity index (χ1n) is 3.50. The molecule has 0 radical (unpaired) electrons. The molecule has 0 unspecified atom stereocenters. The van der Waals surface area contributed by atoms with Crippen molar-refractivity contribution in [2.75, 3.05) is 19.8 Å². The Morgan fingerprint density at radius 2 is 2.11 bits per heavy atom. The van der Waals surface area contributed by atoms with Gasteiger partial charge < -0.3 is 9.47 Å². The second kappa shape index (κ2) is 3.18. The molecule has 54 valence electrons. The van der Waals surface area contributed by atoms with Crippen molar-refractivity contribution in [1.29, 1.82) is 0 Å². The largest absolute Gasteiger partial charge is 0.376 e. The van der Waals surface area contributed by atoms with Crippen LogP contribution < -0.4 is 0 Å². The maximum atomic E-state index is 5.41. The third kappa shape index (κ3) is 1.95. The summed E-state index contributed by atoms with van der Waals surface area (Å²) in [6, 6.07) is 0. The topological polar surface area (TPSA) is 18.5 Å². The molecule has 1 saturated heterocycles. The van der Waals surface area contributed by atoms with E-state index < -0.39 is 0 Å². The minimum absolute atomic E-state index is 0.332. The molecule has 9 heavy (non-hydrogen) atoms. The molecular weight excluding hydrogens is 116 g/mol. The molecular formula is C7H14O2. The second-order valence-corrected chi connectivity index (χ2v) is 2.73. The monoisotopic (exact) mass is 130 g/mol. The molecule has 1 rings (SSSR count). The van der Waals surface area contributed by atoms with Gasteiger partial charge in [0.15, 0.2) is 0 Å².